The third-order valence-corrected chi connectivity index (χ3v) is 4.05. The van der Waals surface area contributed by atoms with Gasteiger partial charge in [0.05, 0.1) is 6.61 Å². The summed E-state index contributed by atoms with van der Waals surface area (Å²) in [6, 6.07) is 8.23. The van der Waals surface area contributed by atoms with Crippen LogP contribution in [0.5, 0.6) is 5.75 Å². The fourth-order valence-electron chi connectivity index (χ4n) is 1.79. The summed E-state index contributed by atoms with van der Waals surface area (Å²) in [7, 11) is 2.01. The van der Waals surface area contributed by atoms with Crippen molar-refractivity contribution in [1.29, 1.82) is 0 Å². The van der Waals surface area contributed by atoms with Crippen LogP contribution in [0.3, 0.4) is 0 Å². The second-order valence-corrected chi connectivity index (χ2v) is 5.79. The van der Waals surface area contributed by atoms with Crippen LogP contribution in [0, 0.1) is 0 Å². The molecule has 0 amide bonds. The molecule has 2 N–H and O–H groups in total. The van der Waals surface area contributed by atoms with Crippen molar-refractivity contribution in [2.45, 2.75) is 13.5 Å². The van der Waals surface area contributed by atoms with Crippen LogP contribution in [0.1, 0.15) is 12.5 Å². The molecular weight excluding hydrogens is 326 g/mol. The molecule has 0 atom stereocenters. The van der Waals surface area contributed by atoms with Crippen LogP contribution in [0.4, 0.5) is 10.8 Å². The van der Waals surface area contributed by atoms with E-state index >= 15 is 0 Å². The zero-order chi connectivity index (χ0) is 13.8. The van der Waals surface area contributed by atoms with E-state index in [1.54, 1.807) is 0 Å². The molecule has 102 valence electrons. The molecular formula is C13H16BrN3OS. The molecule has 1 aromatic heterocycles. The van der Waals surface area contributed by atoms with Crippen molar-refractivity contribution in [2.24, 2.45) is 0 Å². The second kappa shape index (κ2) is 6.25. The van der Waals surface area contributed by atoms with Gasteiger partial charge in [-0.05, 0) is 36.2 Å². The van der Waals surface area contributed by atoms with E-state index in [4.69, 9.17) is 10.5 Å². The number of nitrogens with zero attached hydrogens (tertiary/aromatic N) is 2. The molecule has 0 fully saturated rings. The van der Waals surface area contributed by atoms with E-state index in [9.17, 15) is 0 Å². The van der Waals surface area contributed by atoms with Crippen molar-refractivity contribution in [1.82, 2.24) is 4.37 Å². The maximum Gasteiger partial charge on any atom is 0.197 e. The predicted octanol–water partition coefficient (Wildman–Crippen LogP) is 3.52. The van der Waals surface area contributed by atoms with Gasteiger partial charge in [-0.3, -0.25) is 0 Å². The lowest BCUT2D eigenvalue weighted by Gasteiger charge is -2.18. The number of rotatable bonds is 5. The van der Waals surface area contributed by atoms with Gasteiger partial charge in [0.1, 0.15) is 0 Å². The van der Waals surface area contributed by atoms with Gasteiger partial charge in [-0.25, -0.2) is 0 Å². The highest BCUT2D eigenvalue weighted by atomic mass is 79.9. The summed E-state index contributed by atoms with van der Waals surface area (Å²) in [5.74, 6) is 1.15. The van der Waals surface area contributed by atoms with Crippen LogP contribution < -0.4 is 15.4 Å². The summed E-state index contributed by atoms with van der Waals surface area (Å²) >= 11 is 4.84. The summed E-state index contributed by atoms with van der Waals surface area (Å²) in [5.41, 5.74) is 7.04. The Labute approximate surface area is 125 Å². The Bertz CT molecular complexity index is 559. The summed E-state index contributed by atoms with van der Waals surface area (Å²) in [4.78, 5) is 2.10. The molecule has 6 heteroatoms. The van der Waals surface area contributed by atoms with Crippen molar-refractivity contribution >= 4 is 38.3 Å². The molecule has 0 aliphatic rings. The highest BCUT2D eigenvalue weighted by Gasteiger charge is 2.16. The minimum Gasteiger partial charge on any atom is -0.487 e. The number of nitrogen functional groups attached to an aromatic ring is 1. The number of benzene rings is 1. The lowest BCUT2D eigenvalue weighted by atomic mass is 10.2. The third kappa shape index (κ3) is 3.39. The van der Waals surface area contributed by atoms with Crippen molar-refractivity contribution in [3.63, 3.8) is 0 Å². The predicted molar refractivity (Wildman–Crippen MR) is 83.9 cm³/mol. The van der Waals surface area contributed by atoms with Crippen LogP contribution in [0.15, 0.2) is 28.7 Å². The smallest absolute Gasteiger partial charge is 0.197 e. The van der Waals surface area contributed by atoms with Gasteiger partial charge in [0, 0.05) is 18.1 Å². The highest BCUT2D eigenvalue weighted by Crippen LogP contribution is 2.38. The minimum absolute atomic E-state index is 0.461. The summed E-state index contributed by atoms with van der Waals surface area (Å²) in [6.07, 6.45) is 0. The number of ether oxygens (including phenoxy) is 1. The molecule has 2 rings (SSSR count). The first-order valence-corrected chi connectivity index (χ1v) is 7.52. The van der Waals surface area contributed by atoms with Gasteiger partial charge in [-0.15, -0.1) is 0 Å². The maximum absolute atomic E-state index is 5.82. The Morgan fingerprint density at radius 2 is 2.26 bits per heavy atom. The average Bonchev–Trinajstić information content (AvgIpc) is 2.72. The number of anilines is 2. The molecule has 4 nitrogen and oxygen atoms in total. The SMILES string of the molecule is CCOc1c(N)nsc1N(C)Cc1cccc(Br)c1. The Balaban J connectivity index is 2.18. The first-order chi connectivity index (χ1) is 9.11. The van der Waals surface area contributed by atoms with E-state index in [0.717, 1.165) is 16.0 Å². The average molecular weight is 342 g/mol. The van der Waals surface area contributed by atoms with E-state index < -0.39 is 0 Å². The maximum atomic E-state index is 5.82. The Morgan fingerprint density at radius 1 is 1.47 bits per heavy atom. The Morgan fingerprint density at radius 3 is 2.95 bits per heavy atom. The third-order valence-electron chi connectivity index (χ3n) is 2.60. The lowest BCUT2D eigenvalue weighted by molar-refractivity contribution is 0.343. The Hall–Kier alpha value is -1.27. The van der Waals surface area contributed by atoms with Crippen LogP contribution in [0.2, 0.25) is 0 Å². The first kappa shape index (κ1) is 14.1. The summed E-state index contributed by atoms with van der Waals surface area (Å²) in [6.45, 7) is 3.30. The monoisotopic (exact) mass is 341 g/mol. The molecule has 1 aromatic carbocycles. The van der Waals surface area contributed by atoms with E-state index in [1.165, 1.54) is 17.1 Å². The quantitative estimate of drug-likeness (QED) is 0.903. The molecule has 0 unspecified atom stereocenters. The molecule has 0 radical (unpaired) electrons. The number of hydrogen-bond acceptors (Lipinski definition) is 5. The van der Waals surface area contributed by atoms with Gasteiger partial charge in [0.25, 0.3) is 0 Å². The zero-order valence-electron chi connectivity index (χ0n) is 10.9. The number of halogens is 1. The lowest BCUT2D eigenvalue weighted by Crippen LogP contribution is -2.16. The van der Waals surface area contributed by atoms with Gasteiger partial charge in [-0.2, -0.15) is 4.37 Å². The number of aromatic nitrogens is 1. The van der Waals surface area contributed by atoms with Crippen LogP contribution in [-0.2, 0) is 6.54 Å². The van der Waals surface area contributed by atoms with Gasteiger partial charge < -0.3 is 15.4 Å². The molecule has 0 saturated carbocycles. The molecule has 2 aromatic rings. The number of nitrogens with two attached hydrogens (primary N) is 1. The zero-order valence-corrected chi connectivity index (χ0v) is 13.3. The second-order valence-electron chi connectivity index (χ2n) is 4.12. The standard InChI is InChI=1S/C13H16BrN3OS/c1-3-18-11-12(15)16-19-13(11)17(2)8-9-5-4-6-10(14)7-9/h4-7H,3,8H2,1-2H3,(H2,15,16). The van der Waals surface area contributed by atoms with Crippen molar-refractivity contribution in [3.05, 3.63) is 34.3 Å². The first-order valence-electron chi connectivity index (χ1n) is 5.95. The van der Waals surface area contributed by atoms with E-state index in [-0.39, 0.29) is 0 Å². The van der Waals surface area contributed by atoms with Crippen LogP contribution in [0.25, 0.3) is 0 Å². The summed E-state index contributed by atoms with van der Waals surface area (Å²) in [5, 5.41) is 0.958. The fourth-order valence-corrected chi connectivity index (χ4v) is 2.95. The van der Waals surface area contributed by atoms with Crippen molar-refractivity contribution in [2.75, 3.05) is 24.3 Å². The molecule has 0 saturated heterocycles. The molecule has 0 aliphatic heterocycles. The van der Waals surface area contributed by atoms with Gasteiger partial charge in [0.15, 0.2) is 16.6 Å². The Kier molecular flexibility index (Phi) is 4.66. The van der Waals surface area contributed by atoms with Crippen molar-refractivity contribution < 1.29 is 4.74 Å². The van der Waals surface area contributed by atoms with E-state index in [0.29, 0.717) is 18.2 Å². The van der Waals surface area contributed by atoms with E-state index in [1.807, 2.05) is 26.1 Å². The van der Waals surface area contributed by atoms with E-state index in [2.05, 4.69) is 37.3 Å². The van der Waals surface area contributed by atoms with Gasteiger partial charge >= 0.3 is 0 Å². The topological polar surface area (TPSA) is 51.4 Å². The van der Waals surface area contributed by atoms with Gasteiger partial charge in [0.2, 0.25) is 0 Å². The molecule has 0 aliphatic carbocycles. The van der Waals surface area contributed by atoms with Crippen LogP contribution >= 0.6 is 27.5 Å². The molecule has 1 heterocycles. The largest absolute Gasteiger partial charge is 0.487 e. The normalized spacial score (nSPS) is 10.5. The molecule has 0 spiro atoms. The molecule has 0 bridgehead atoms. The minimum atomic E-state index is 0.461. The van der Waals surface area contributed by atoms with Crippen molar-refractivity contribution in [3.8, 4) is 5.75 Å². The highest BCUT2D eigenvalue weighted by molar-refractivity contribution is 9.10. The summed E-state index contributed by atoms with van der Waals surface area (Å²) < 4.78 is 10.8. The number of hydrogen-bond donors (Lipinski definition) is 1. The van der Waals surface area contributed by atoms with Crippen LogP contribution in [-0.4, -0.2) is 18.0 Å². The van der Waals surface area contributed by atoms with Gasteiger partial charge in [-0.1, -0.05) is 28.1 Å². The fraction of sp³-hybridized carbons (Fsp3) is 0.308. The molecule has 19 heavy (non-hydrogen) atoms.